The molecule has 1 saturated carbocycles. The molecule has 0 aromatic heterocycles. The molecule has 1 fully saturated rings. The Morgan fingerprint density at radius 1 is 1.06 bits per heavy atom. The van der Waals surface area contributed by atoms with Crippen LogP contribution in [0.25, 0.3) is 0 Å². The Bertz CT molecular complexity index is 633. The standard InChI is InChI=1S/C26H45NO6/c1-8-13-31-18-26(10-3,19-32-14-9-2)20-33-22(28)11-12-25(6)16-21(27-23(29)30-7)15-24(4,5)17-25/h8-9,21H,1-2,10-20H2,3-7H3,(H,27,29). The molecule has 1 amide bonds. The van der Waals surface area contributed by atoms with Crippen LogP contribution in [0.1, 0.15) is 66.2 Å². The Labute approximate surface area is 200 Å². The average Bonchev–Trinajstić information content (AvgIpc) is 2.74. The van der Waals surface area contributed by atoms with Crippen molar-refractivity contribution in [2.24, 2.45) is 16.2 Å². The molecule has 2 unspecified atom stereocenters. The molecular weight excluding hydrogens is 422 g/mol. The Kier molecular flexibility index (Phi) is 12.2. The van der Waals surface area contributed by atoms with E-state index in [1.807, 2.05) is 6.92 Å². The van der Waals surface area contributed by atoms with E-state index >= 15 is 0 Å². The predicted molar refractivity (Wildman–Crippen MR) is 130 cm³/mol. The Hall–Kier alpha value is -1.86. The lowest BCUT2D eigenvalue weighted by atomic mass is 9.61. The van der Waals surface area contributed by atoms with Gasteiger partial charge in [0.15, 0.2) is 0 Å². The van der Waals surface area contributed by atoms with Crippen LogP contribution in [0.4, 0.5) is 4.79 Å². The number of esters is 1. The third-order valence-corrected chi connectivity index (χ3v) is 6.46. The fraction of sp³-hybridized carbons (Fsp3) is 0.769. The van der Waals surface area contributed by atoms with E-state index in [4.69, 9.17) is 18.9 Å². The van der Waals surface area contributed by atoms with E-state index in [9.17, 15) is 9.59 Å². The van der Waals surface area contributed by atoms with Gasteiger partial charge >= 0.3 is 12.1 Å². The van der Waals surface area contributed by atoms with Crippen molar-refractivity contribution in [2.45, 2.75) is 72.3 Å². The lowest BCUT2D eigenvalue weighted by Gasteiger charge is -2.46. The molecule has 0 aromatic carbocycles. The largest absolute Gasteiger partial charge is 0.465 e. The fourth-order valence-corrected chi connectivity index (χ4v) is 5.01. The normalized spacial score (nSPS) is 22.3. The summed E-state index contributed by atoms with van der Waals surface area (Å²) in [5.74, 6) is -0.220. The SMILES string of the molecule is C=CCOCC(CC)(COCC=C)COC(=O)CCC1(C)CC(NC(=O)OC)CC(C)(C)C1. The van der Waals surface area contributed by atoms with Gasteiger partial charge in [-0.3, -0.25) is 4.79 Å². The van der Waals surface area contributed by atoms with Gasteiger partial charge in [0.05, 0.1) is 39.0 Å². The van der Waals surface area contributed by atoms with Gasteiger partial charge in [0, 0.05) is 12.5 Å². The van der Waals surface area contributed by atoms with Crippen LogP contribution in [0.5, 0.6) is 0 Å². The summed E-state index contributed by atoms with van der Waals surface area (Å²) in [5, 5.41) is 2.95. The van der Waals surface area contributed by atoms with Gasteiger partial charge in [-0.2, -0.15) is 0 Å². The van der Waals surface area contributed by atoms with Crippen LogP contribution in [-0.4, -0.2) is 58.2 Å². The lowest BCUT2D eigenvalue weighted by molar-refractivity contribution is -0.152. The molecule has 33 heavy (non-hydrogen) atoms. The molecule has 1 aliphatic rings. The molecule has 0 bridgehead atoms. The molecule has 0 heterocycles. The number of amides is 1. The molecule has 0 aromatic rings. The minimum Gasteiger partial charge on any atom is -0.465 e. The van der Waals surface area contributed by atoms with Gasteiger partial charge in [0.1, 0.15) is 6.61 Å². The third-order valence-electron chi connectivity index (χ3n) is 6.46. The monoisotopic (exact) mass is 467 g/mol. The smallest absolute Gasteiger partial charge is 0.407 e. The first-order valence-electron chi connectivity index (χ1n) is 11.9. The number of rotatable bonds is 15. The van der Waals surface area contributed by atoms with Crippen LogP contribution in [0, 0.1) is 16.2 Å². The summed E-state index contributed by atoms with van der Waals surface area (Å²) in [6.45, 7) is 18.0. The average molecular weight is 468 g/mol. The van der Waals surface area contributed by atoms with E-state index in [1.165, 1.54) is 7.11 Å². The Morgan fingerprint density at radius 3 is 2.18 bits per heavy atom. The summed E-state index contributed by atoms with van der Waals surface area (Å²) < 4.78 is 21.9. The second-order valence-electron chi connectivity index (χ2n) is 10.5. The van der Waals surface area contributed by atoms with Crippen molar-refractivity contribution in [1.82, 2.24) is 5.32 Å². The van der Waals surface area contributed by atoms with Gasteiger partial charge in [-0.1, -0.05) is 39.8 Å². The number of carbonyl (C=O) groups excluding carboxylic acids is 2. The first-order chi connectivity index (χ1) is 15.5. The highest BCUT2D eigenvalue weighted by molar-refractivity contribution is 5.69. The quantitative estimate of drug-likeness (QED) is 0.206. The second kappa shape index (κ2) is 13.8. The maximum Gasteiger partial charge on any atom is 0.407 e. The summed E-state index contributed by atoms with van der Waals surface area (Å²) in [5.41, 5.74) is -0.423. The molecule has 1 N–H and O–H groups in total. The molecule has 7 nitrogen and oxygen atoms in total. The number of ether oxygens (including phenoxy) is 4. The summed E-state index contributed by atoms with van der Waals surface area (Å²) >= 11 is 0. The van der Waals surface area contributed by atoms with Crippen molar-refractivity contribution >= 4 is 12.1 Å². The van der Waals surface area contributed by atoms with Crippen molar-refractivity contribution in [3.8, 4) is 0 Å². The van der Waals surface area contributed by atoms with Crippen molar-refractivity contribution in [2.75, 3.05) is 40.1 Å². The molecule has 0 aliphatic heterocycles. The summed E-state index contributed by atoms with van der Waals surface area (Å²) in [6.07, 6.45) is 7.45. The van der Waals surface area contributed by atoms with Crippen molar-refractivity contribution in [3.05, 3.63) is 25.3 Å². The summed E-state index contributed by atoms with van der Waals surface area (Å²) in [4.78, 5) is 24.4. The van der Waals surface area contributed by atoms with Crippen molar-refractivity contribution in [1.29, 1.82) is 0 Å². The number of hydrogen-bond donors (Lipinski definition) is 1. The molecule has 1 rings (SSSR count). The minimum absolute atomic E-state index is 0.0268. The molecule has 0 radical (unpaired) electrons. The van der Waals surface area contributed by atoms with Gasteiger partial charge in [-0.05, 0) is 42.9 Å². The first-order valence-corrected chi connectivity index (χ1v) is 11.9. The zero-order chi connectivity index (χ0) is 25.0. The molecule has 0 saturated heterocycles. The van der Waals surface area contributed by atoms with Crippen molar-refractivity contribution in [3.63, 3.8) is 0 Å². The van der Waals surface area contributed by atoms with Crippen LogP contribution in [0.2, 0.25) is 0 Å². The van der Waals surface area contributed by atoms with Crippen molar-refractivity contribution < 1.29 is 28.5 Å². The van der Waals surface area contributed by atoms with E-state index in [0.717, 1.165) is 25.7 Å². The fourth-order valence-electron chi connectivity index (χ4n) is 5.01. The van der Waals surface area contributed by atoms with E-state index in [0.29, 0.717) is 39.3 Å². The first kappa shape index (κ1) is 29.2. The molecule has 1 aliphatic carbocycles. The number of hydrogen-bond acceptors (Lipinski definition) is 6. The van der Waals surface area contributed by atoms with E-state index in [1.54, 1.807) is 12.2 Å². The van der Waals surface area contributed by atoms with Crippen LogP contribution in [-0.2, 0) is 23.7 Å². The van der Waals surface area contributed by atoms with Gasteiger partial charge in [0.2, 0.25) is 0 Å². The zero-order valence-electron chi connectivity index (χ0n) is 21.4. The Morgan fingerprint density at radius 2 is 1.67 bits per heavy atom. The number of methoxy groups -OCH3 is 1. The second-order valence-corrected chi connectivity index (χ2v) is 10.5. The summed E-state index contributed by atoms with van der Waals surface area (Å²) in [7, 11) is 1.37. The number of carbonyl (C=O) groups is 2. The highest BCUT2D eigenvalue weighted by Crippen LogP contribution is 2.48. The van der Waals surface area contributed by atoms with Crippen LogP contribution in [0.3, 0.4) is 0 Å². The molecule has 190 valence electrons. The highest BCUT2D eigenvalue weighted by Gasteiger charge is 2.42. The zero-order valence-corrected chi connectivity index (χ0v) is 21.4. The Balaban J connectivity index is 2.69. The summed E-state index contributed by atoms with van der Waals surface area (Å²) in [6, 6.07) is 0.0268. The lowest BCUT2D eigenvalue weighted by Crippen LogP contribution is -2.47. The molecular formula is C26H45NO6. The topological polar surface area (TPSA) is 83.1 Å². The molecule has 2 atom stereocenters. The highest BCUT2D eigenvalue weighted by atomic mass is 16.5. The van der Waals surface area contributed by atoms with Crippen LogP contribution in [0.15, 0.2) is 25.3 Å². The van der Waals surface area contributed by atoms with Gasteiger partial charge in [-0.15, -0.1) is 13.2 Å². The van der Waals surface area contributed by atoms with Gasteiger partial charge < -0.3 is 24.3 Å². The van der Waals surface area contributed by atoms with E-state index in [2.05, 4.69) is 39.2 Å². The number of alkyl carbamates (subject to hydrolysis) is 1. The van der Waals surface area contributed by atoms with E-state index < -0.39 is 11.5 Å². The van der Waals surface area contributed by atoms with Crippen LogP contribution < -0.4 is 5.32 Å². The maximum absolute atomic E-state index is 12.7. The minimum atomic E-state index is -0.410. The maximum atomic E-state index is 12.7. The molecule has 7 heteroatoms. The van der Waals surface area contributed by atoms with Gasteiger partial charge in [0.25, 0.3) is 0 Å². The third kappa shape index (κ3) is 10.7. The predicted octanol–water partition coefficient (Wildman–Crippen LogP) is 5.05. The molecule has 0 spiro atoms. The van der Waals surface area contributed by atoms with Gasteiger partial charge in [-0.25, -0.2) is 4.79 Å². The number of nitrogens with one attached hydrogen (secondary N) is 1. The van der Waals surface area contributed by atoms with Crippen LogP contribution >= 0.6 is 0 Å². The van der Waals surface area contributed by atoms with E-state index in [-0.39, 0.29) is 29.4 Å².